The summed E-state index contributed by atoms with van der Waals surface area (Å²) in [5.74, 6) is 0.389. The Morgan fingerprint density at radius 1 is 1.50 bits per heavy atom. The molecule has 6 heteroatoms. The molecule has 2 aromatic rings. The van der Waals surface area contributed by atoms with Crippen LogP contribution in [0.1, 0.15) is 24.4 Å². The summed E-state index contributed by atoms with van der Waals surface area (Å²) in [6.07, 6.45) is 1.42. The molecule has 1 aromatic heterocycles. The number of benzene rings is 1. The monoisotopic (exact) mass is 250 g/mol. The van der Waals surface area contributed by atoms with E-state index in [2.05, 4.69) is 10.1 Å². The number of rotatable bonds is 4. The lowest BCUT2D eigenvalue weighted by Crippen LogP contribution is -2.07. The topological polar surface area (TPSA) is 66.0 Å². The van der Waals surface area contributed by atoms with Crippen LogP contribution in [0.4, 0.5) is 4.39 Å². The van der Waals surface area contributed by atoms with Crippen molar-refractivity contribution in [1.82, 2.24) is 14.8 Å². The second kappa shape index (κ2) is 5.14. The molecular formula is C12H15FN4O. The quantitative estimate of drug-likeness (QED) is 0.894. The number of ether oxygens (including phenoxy) is 1. The van der Waals surface area contributed by atoms with Crippen LogP contribution in [0, 0.1) is 5.82 Å². The van der Waals surface area contributed by atoms with Gasteiger partial charge in [0.2, 0.25) is 0 Å². The molecule has 2 N–H and O–H groups in total. The van der Waals surface area contributed by atoms with Crippen LogP contribution in [0.5, 0.6) is 5.75 Å². The van der Waals surface area contributed by atoms with Crippen LogP contribution in [0.25, 0.3) is 0 Å². The maximum absolute atomic E-state index is 13.7. The number of halogens is 1. The third kappa shape index (κ3) is 2.65. The molecule has 96 valence electrons. The number of nitrogens with two attached hydrogens (primary N) is 1. The second-order valence-corrected chi connectivity index (χ2v) is 4.07. The van der Waals surface area contributed by atoms with Crippen molar-refractivity contribution in [3.63, 3.8) is 0 Å². The van der Waals surface area contributed by atoms with Crippen LogP contribution in [0.3, 0.4) is 0 Å². The Labute approximate surface area is 104 Å². The Morgan fingerprint density at radius 3 is 2.83 bits per heavy atom. The molecule has 2 rings (SSSR count). The minimum atomic E-state index is -0.424. The Bertz CT molecular complexity index is 539. The normalized spacial score (nSPS) is 12.4. The minimum Gasteiger partial charge on any atom is -0.483 e. The zero-order valence-corrected chi connectivity index (χ0v) is 10.3. The van der Waals surface area contributed by atoms with E-state index in [4.69, 9.17) is 10.5 Å². The lowest BCUT2D eigenvalue weighted by molar-refractivity contribution is 0.275. The third-order valence-electron chi connectivity index (χ3n) is 2.64. The van der Waals surface area contributed by atoms with E-state index in [-0.39, 0.29) is 18.4 Å². The molecule has 5 nitrogen and oxygen atoms in total. The van der Waals surface area contributed by atoms with E-state index in [9.17, 15) is 4.39 Å². The van der Waals surface area contributed by atoms with E-state index < -0.39 is 5.82 Å². The van der Waals surface area contributed by atoms with Gasteiger partial charge in [0.05, 0.1) is 0 Å². The molecule has 1 atom stereocenters. The summed E-state index contributed by atoms with van der Waals surface area (Å²) in [7, 11) is 1.75. The maximum atomic E-state index is 13.7. The highest BCUT2D eigenvalue weighted by Crippen LogP contribution is 2.21. The first kappa shape index (κ1) is 12.5. The van der Waals surface area contributed by atoms with Gasteiger partial charge in [-0.05, 0) is 24.6 Å². The molecule has 1 aromatic carbocycles. The van der Waals surface area contributed by atoms with E-state index in [1.807, 2.05) is 0 Å². The molecule has 0 bridgehead atoms. The van der Waals surface area contributed by atoms with Crippen molar-refractivity contribution in [3.8, 4) is 5.75 Å². The number of hydrogen-bond acceptors (Lipinski definition) is 4. The highest BCUT2D eigenvalue weighted by atomic mass is 19.1. The number of nitrogens with zero attached hydrogens (tertiary/aromatic N) is 3. The average Bonchev–Trinajstić information content (AvgIpc) is 2.73. The van der Waals surface area contributed by atoms with Gasteiger partial charge in [0, 0.05) is 13.1 Å². The summed E-state index contributed by atoms with van der Waals surface area (Å²) in [5.41, 5.74) is 6.41. The molecule has 0 saturated carbocycles. The van der Waals surface area contributed by atoms with Gasteiger partial charge < -0.3 is 10.5 Å². The average molecular weight is 250 g/mol. The van der Waals surface area contributed by atoms with Crippen LogP contribution >= 0.6 is 0 Å². The van der Waals surface area contributed by atoms with Crippen molar-refractivity contribution in [3.05, 3.63) is 41.7 Å². The zero-order valence-electron chi connectivity index (χ0n) is 10.3. The maximum Gasteiger partial charge on any atom is 0.165 e. The van der Waals surface area contributed by atoms with Crippen molar-refractivity contribution >= 4 is 0 Å². The minimum absolute atomic E-state index is 0.172. The summed E-state index contributed by atoms with van der Waals surface area (Å²) >= 11 is 0. The zero-order chi connectivity index (χ0) is 13.1. The Kier molecular flexibility index (Phi) is 3.57. The van der Waals surface area contributed by atoms with Gasteiger partial charge in [0.1, 0.15) is 12.9 Å². The first-order valence-electron chi connectivity index (χ1n) is 5.58. The number of aromatic nitrogens is 3. The highest BCUT2D eigenvalue weighted by Gasteiger charge is 2.08. The Balaban J connectivity index is 2.08. The van der Waals surface area contributed by atoms with Crippen LogP contribution in [0.2, 0.25) is 0 Å². The summed E-state index contributed by atoms with van der Waals surface area (Å²) in [6, 6.07) is 4.51. The molecule has 0 aliphatic heterocycles. The molecule has 18 heavy (non-hydrogen) atoms. The standard InChI is InChI=1S/C12H15FN4O/c1-8(14)9-3-4-11(10(13)5-9)18-6-12-15-7-16-17(12)2/h3-5,7-8H,6,14H2,1-2H3/t8-/m1/s1. The predicted octanol–water partition coefficient (Wildman–Crippen LogP) is 1.55. The van der Waals surface area contributed by atoms with Gasteiger partial charge in [-0.15, -0.1) is 0 Å². The van der Waals surface area contributed by atoms with Gasteiger partial charge in [0.15, 0.2) is 17.4 Å². The fourth-order valence-corrected chi connectivity index (χ4v) is 1.51. The van der Waals surface area contributed by atoms with Crippen LogP contribution in [-0.2, 0) is 13.7 Å². The van der Waals surface area contributed by atoms with Gasteiger partial charge in [0.25, 0.3) is 0 Å². The fraction of sp³-hybridized carbons (Fsp3) is 0.333. The van der Waals surface area contributed by atoms with Gasteiger partial charge in [-0.2, -0.15) is 5.10 Å². The molecular weight excluding hydrogens is 235 g/mol. The van der Waals surface area contributed by atoms with Gasteiger partial charge in [-0.25, -0.2) is 9.37 Å². The first-order valence-corrected chi connectivity index (χ1v) is 5.58. The highest BCUT2D eigenvalue weighted by molar-refractivity contribution is 5.30. The Hall–Kier alpha value is -1.95. The van der Waals surface area contributed by atoms with Gasteiger partial charge in [-0.3, -0.25) is 4.68 Å². The lowest BCUT2D eigenvalue weighted by atomic mass is 10.1. The van der Waals surface area contributed by atoms with E-state index in [1.54, 1.807) is 30.8 Å². The lowest BCUT2D eigenvalue weighted by Gasteiger charge is -2.10. The van der Waals surface area contributed by atoms with Crippen molar-refractivity contribution < 1.29 is 9.13 Å². The largest absolute Gasteiger partial charge is 0.483 e. The molecule has 0 unspecified atom stereocenters. The number of hydrogen-bond donors (Lipinski definition) is 1. The van der Waals surface area contributed by atoms with Crippen LogP contribution in [0.15, 0.2) is 24.5 Å². The first-order chi connectivity index (χ1) is 8.58. The molecule has 0 aliphatic carbocycles. The molecule has 0 amide bonds. The van der Waals surface area contributed by atoms with Crippen molar-refractivity contribution in [2.24, 2.45) is 12.8 Å². The predicted molar refractivity (Wildman–Crippen MR) is 64.3 cm³/mol. The van der Waals surface area contributed by atoms with Crippen molar-refractivity contribution in [2.75, 3.05) is 0 Å². The second-order valence-electron chi connectivity index (χ2n) is 4.07. The molecule has 0 saturated heterocycles. The van der Waals surface area contributed by atoms with Gasteiger partial charge in [-0.1, -0.05) is 6.07 Å². The summed E-state index contributed by atoms with van der Waals surface area (Å²) < 4.78 is 20.7. The van der Waals surface area contributed by atoms with Gasteiger partial charge >= 0.3 is 0 Å². The Morgan fingerprint density at radius 2 is 2.28 bits per heavy atom. The summed E-state index contributed by atoms with van der Waals surface area (Å²) in [4.78, 5) is 3.99. The summed E-state index contributed by atoms with van der Waals surface area (Å²) in [6.45, 7) is 1.97. The smallest absolute Gasteiger partial charge is 0.165 e. The van der Waals surface area contributed by atoms with E-state index in [0.29, 0.717) is 5.82 Å². The molecule has 1 heterocycles. The third-order valence-corrected chi connectivity index (χ3v) is 2.64. The van der Waals surface area contributed by atoms with Crippen LogP contribution < -0.4 is 10.5 Å². The fourth-order valence-electron chi connectivity index (χ4n) is 1.51. The molecule has 0 radical (unpaired) electrons. The SMILES string of the molecule is C[C@@H](N)c1ccc(OCc2ncnn2C)c(F)c1. The molecule has 0 fully saturated rings. The summed E-state index contributed by atoms with van der Waals surface area (Å²) in [5, 5.41) is 3.90. The van der Waals surface area contributed by atoms with E-state index in [0.717, 1.165) is 5.56 Å². The van der Waals surface area contributed by atoms with E-state index in [1.165, 1.54) is 12.4 Å². The van der Waals surface area contributed by atoms with Crippen molar-refractivity contribution in [2.45, 2.75) is 19.6 Å². The van der Waals surface area contributed by atoms with Crippen LogP contribution in [-0.4, -0.2) is 14.8 Å². The molecule has 0 spiro atoms. The number of aryl methyl sites for hydroxylation is 1. The molecule has 0 aliphatic rings. The van der Waals surface area contributed by atoms with E-state index >= 15 is 0 Å². The van der Waals surface area contributed by atoms with Crippen molar-refractivity contribution in [1.29, 1.82) is 0 Å².